The summed E-state index contributed by atoms with van der Waals surface area (Å²) in [5.41, 5.74) is 2.34. The number of halogens is 1. The Morgan fingerprint density at radius 1 is 1.42 bits per heavy atom. The summed E-state index contributed by atoms with van der Waals surface area (Å²) in [6.45, 7) is 3.56. The van der Waals surface area contributed by atoms with E-state index >= 15 is 0 Å². The molecule has 3 rings (SSSR count). The van der Waals surface area contributed by atoms with Crippen LogP contribution in [0.15, 0.2) is 16.7 Å². The van der Waals surface area contributed by atoms with Crippen LogP contribution in [0, 0.1) is 33.4 Å². The Morgan fingerprint density at radius 2 is 2.08 bits per heavy atom. The zero-order valence-corrected chi connectivity index (χ0v) is 15.7. The quantitative estimate of drug-likeness (QED) is 0.409. The largest absolute Gasteiger partial charge is 0.361 e. The molecular weight excluding hydrogens is 425 g/mol. The molecule has 126 valence electrons. The van der Waals surface area contributed by atoms with Crippen LogP contribution in [0.25, 0.3) is 11.1 Å². The number of nitrogens with zero attached hydrogens (tertiary/aromatic N) is 3. The summed E-state index contributed by atoms with van der Waals surface area (Å²) < 4.78 is 5.81. The normalized spacial score (nSPS) is 13.8. The number of hydrogen-bond donors (Lipinski definition) is 0. The minimum absolute atomic E-state index is 0.00681. The van der Waals surface area contributed by atoms with Crippen molar-refractivity contribution in [1.82, 2.24) is 5.16 Å². The number of carbonyl (C=O) groups is 1. The second kappa shape index (κ2) is 6.15. The predicted molar refractivity (Wildman–Crippen MR) is 96.9 cm³/mol. The van der Waals surface area contributed by atoms with E-state index in [0.717, 1.165) is 18.4 Å². The lowest BCUT2D eigenvalue weighted by Gasteiger charge is -2.19. The van der Waals surface area contributed by atoms with Crippen molar-refractivity contribution in [3.63, 3.8) is 0 Å². The van der Waals surface area contributed by atoms with Crippen molar-refractivity contribution in [3.05, 3.63) is 37.3 Å². The lowest BCUT2D eigenvalue weighted by Crippen LogP contribution is -2.29. The molecule has 1 aliphatic carbocycles. The van der Waals surface area contributed by atoms with Crippen molar-refractivity contribution >= 4 is 39.9 Å². The molecule has 2 aromatic rings. The number of nitro benzene ring substituents is 1. The first-order valence-corrected chi connectivity index (χ1v) is 8.58. The third-order valence-corrected chi connectivity index (χ3v) is 4.98. The summed E-state index contributed by atoms with van der Waals surface area (Å²) in [4.78, 5) is 24.9. The maximum Gasteiger partial charge on any atom is 0.294 e. The van der Waals surface area contributed by atoms with Gasteiger partial charge in [0.1, 0.15) is 11.4 Å². The van der Waals surface area contributed by atoms with Gasteiger partial charge < -0.3 is 9.42 Å². The molecule has 0 N–H and O–H groups in total. The molecule has 1 saturated carbocycles. The Kier molecular flexibility index (Phi) is 4.33. The van der Waals surface area contributed by atoms with Gasteiger partial charge in [-0.25, -0.2) is 0 Å². The van der Waals surface area contributed by atoms with Crippen LogP contribution in [0.4, 0.5) is 11.4 Å². The third-order valence-electron chi connectivity index (χ3n) is 4.15. The lowest BCUT2D eigenvalue weighted by molar-refractivity contribution is -0.384. The number of rotatable bonds is 4. The highest BCUT2D eigenvalue weighted by molar-refractivity contribution is 14.1. The standard InChI is InChI=1S/C16H16IN3O4/c1-8-14(9(2)24-18-8)11-6-12(17)15(13(7-11)20(22)23)19(3)16(21)10-4-5-10/h6-7,10H,4-5H2,1-3H3. The molecule has 24 heavy (non-hydrogen) atoms. The van der Waals surface area contributed by atoms with E-state index in [2.05, 4.69) is 5.16 Å². The van der Waals surface area contributed by atoms with Gasteiger partial charge in [-0.2, -0.15) is 0 Å². The van der Waals surface area contributed by atoms with E-state index in [9.17, 15) is 14.9 Å². The maximum absolute atomic E-state index is 12.3. The Bertz CT molecular complexity index is 823. The molecule has 0 atom stereocenters. The minimum Gasteiger partial charge on any atom is -0.361 e. The number of aromatic nitrogens is 1. The molecule has 8 heteroatoms. The smallest absolute Gasteiger partial charge is 0.294 e. The Morgan fingerprint density at radius 3 is 2.58 bits per heavy atom. The van der Waals surface area contributed by atoms with Crippen molar-refractivity contribution in [1.29, 1.82) is 0 Å². The highest BCUT2D eigenvalue weighted by atomic mass is 127. The second-order valence-electron chi connectivity index (χ2n) is 5.95. The van der Waals surface area contributed by atoms with Gasteiger partial charge in [0.05, 0.1) is 10.6 Å². The summed E-state index contributed by atoms with van der Waals surface area (Å²) in [6.07, 6.45) is 1.70. The molecule has 1 fully saturated rings. The Hall–Kier alpha value is -1.97. The van der Waals surface area contributed by atoms with Gasteiger partial charge in [0.15, 0.2) is 0 Å². The van der Waals surface area contributed by atoms with Crippen molar-refractivity contribution in [2.75, 3.05) is 11.9 Å². The number of benzene rings is 1. The fourth-order valence-electron chi connectivity index (χ4n) is 2.81. The van der Waals surface area contributed by atoms with Crippen LogP contribution in [0.5, 0.6) is 0 Å². The molecule has 0 aliphatic heterocycles. The summed E-state index contributed by atoms with van der Waals surface area (Å²) in [5.74, 6) is 0.529. The summed E-state index contributed by atoms with van der Waals surface area (Å²) in [6, 6.07) is 3.31. The molecule has 1 heterocycles. The van der Waals surface area contributed by atoms with Crippen LogP contribution in [0.2, 0.25) is 0 Å². The molecule has 1 aliphatic rings. The Labute approximate surface area is 152 Å². The molecule has 0 bridgehead atoms. The third kappa shape index (κ3) is 2.90. The van der Waals surface area contributed by atoms with Gasteiger partial charge >= 0.3 is 0 Å². The van der Waals surface area contributed by atoms with Gasteiger partial charge in [-0.3, -0.25) is 14.9 Å². The minimum atomic E-state index is -0.449. The molecule has 0 radical (unpaired) electrons. The van der Waals surface area contributed by atoms with Gasteiger partial charge in [-0.15, -0.1) is 0 Å². The number of aryl methyl sites for hydroxylation is 2. The van der Waals surface area contributed by atoms with E-state index in [1.165, 1.54) is 11.0 Å². The van der Waals surface area contributed by atoms with Crippen molar-refractivity contribution < 1.29 is 14.2 Å². The summed E-state index contributed by atoms with van der Waals surface area (Å²) in [7, 11) is 1.60. The zero-order chi connectivity index (χ0) is 17.6. The van der Waals surface area contributed by atoms with Crippen LogP contribution >= 0.6 is 22.6 Å². The SMILES string of the molecule is Cc1noc(C)c1-c1cc(I)c(N(C)C(=O)C2CC2)c([N+](=O)[O-])c1. The number of carbonyl (C=O) groups excluding carboxylic acids is 1. The predicted octanol–water partition coefficient (Wildman–Crippen LogP) is 3.84. The Balaban J connectivity index is 2.14. The first kappa shape index (κ1) is 16.9. The fraction of sp³-hybridized carbons (Fsp3) is 0.375. The van der Waals surface area contributed by atoms with Crippen molar-refractivity contribution in [3.8, 4) is 11.1 Å². The zero-order valence-electron chi connectivity index (χ0n) is 13.5. The summed E-state index contributed by atoms with van der Waals surface area (Å²) in [5, 5.41) is 15.5. The van der Waals surface area contributed by atoms with Gasteiger partial charge in [0.25, 0.3) is 5.69 Å². The number of hydrogen-bond acceptors (Lipinski definition) is 5. The molecule has 0 saturated heterocycles. The molecule has 1 amide bonds. The van der Waals surface area contributed by atoms with Crippen LogP contribution in [0.3, 0.4) is 0 Å². The first-order valence-electron chi connectivity index (χ1n) is 7.50. The number of nitro groups is 1. The van der Waals surface area contributed by atoms with E-state index in [4.69, 9.17) is 4.52 Å². The second-order valence-corrected chi connectivity index (χ2v) is 7.12. The molecule has 1 aromatic heterocycles. The van der Waals surface area contributed by atoms with E-state index in [1.807, 2.05) is 28.7 Å². The monoisotopic (exact) mass is 441 g/mol. The highest BCUT2D eigenvalue weighted by Crippen LogP contribution is 2.41. The first-order chi connectivity index (χ1) is 11.3. The topological polar surface area (TPSA) is 89.5 Å². The molecule has 7 nitrogen and oxygen atoms in total. The van der Waals surface area contributed by atoms with Crippen molar-refractivity contribution in [2.45, 2.75) is 26.7 Å². The van der Waals surface area contributed by atoms with Gasteiger partial charge in [-0.05, 0) is 60.9 Å². The molecular formula is C16H16IN3O4. The van der Waals surface area contributed by atoms with Crippen LogP contribution in [-0.2, 0) is 4.79 Å². The van der Waals surface area contributed by atoms with E-state index in [0.29, 0.717) is 26.3 Å². The average molecular weight is 441 g/mol. The van der Waals surface area contributed by atoms with Crippen molar-refractivity contribution in [2.24, 2.45) is 5.92 Å². The highest BCUT2D eigenvalue weighted by Gasteiger charge is 2.35. The molecule has 1 aromatic carbocycles. The van der Waals surface area contributed by atoms with Crippen LogP contribution in [-0.4, -0.2) is 23.0 Å². The van der Waals surface area contributed by atoms with E-state index in [-0.39, 0.29) is 17.5 Å². The summed E-state index contributed by atoms with van der Waals surface area (Å²) >= 11 is 2.04. The van der Waals surface area contributed by atoms with Crippen LogP contribution in [0.1, 0.15) is 24.3 Å². The lowest BCUT2D eigenvalue weighted by atomic mass is 10.0. The molecule has 0 unspecified atom stereocenters. The van der Waals surface area contributed by atoms with Gasteiger partial charge in [0.2, 0.25) is 5.91 Å². The fourth-order valence-corrected chi connectivity index (χ4v) is 3.78. The van der Waals surface area contributed by atoms with Crippen LogP contribution < -0.4 is 4.90 Å². The maximum atomic E-state index is 12.3. The van der Waals surface area contributed by atoms with E-state index in [1.54, 1.807) is 20.9 Å². The molecule has 0 spiro atoms. The number of anilines is 1. The van der Waals surface area contributed by atoms with Gasteiger partial charge in [0, 0.05) is 28.2 Å². The van der Waals surface area contributed by atoms with E-state index < -0.39 is 4.92 Å². The average Bonchev–Trinajstić information content (AvgIpc) is 3.31. The van der Waals surface area contributed by atoms with Gasteiger partial charge in [-0.1, -0.05) is 5.16 Å². The number of amides is 1.